The van der Waals surface area contributed by atoms with Crippen LogP contribution in [0, 0.1) is 0 Å². The highest BCUT2D eigenvalue weighted by molar-refractivity contribution is 5.97. The third-order valence-electron chi connectivity index (χ3n) is 6.07. The van der Waals surface area contributed by atoms with Gasteiger partial charge in [0, 0.05) is 52.4 Å². The molecular formula is C23H33F4N3O5. The van der Waals surface area contributed by atoms with Crippen molar-refractivity contribution in [1.82, 2.24) is 14.7 Å². The number of aliphatic hydroxyl groups excluding tert-OH is 1. The van der Waals surface area contributed by atoms with Crippen LogP contribution < -0.4 is 4.74 Å². The highest BCUT2D eigenvalue weighted by atomic mass is 19.3. The first-order chi connectivity index (χ1) is 16.7. The Morgan fingerprint density at radius 1 is 1.17 bits per heavy atom. The lowest BCUT2D eigenvalue weighted by Gasteiger charge is -2.39. The highest BCUT2D eigenvalue weighted by Crippen LogP contribution is 2.23. The fourth-order valence-electron chi connectivity index (χ4n) is 4.21. The zero-order valence-electron chi connectivity index (χ0n) is 19.8. The molecule has 2 atom stereocenters. The van der Waals surface area contributed by atoms with Crippen molar-refractivity contribution >= 4 is 5.91 Å². The fraction of sp³-hybridized carbons (Fsp3) is 0.696. The van der Waals surface area contributed by atoms with E-state index in [-0.39, 0.29) is 18.6 Å². The zero-order valence-corrected chi connectivity index (χ0v) is 19.8. The van der Waals surface area contributed by atoms with Crippen LogP contribution in [0.1, 0.15) is 10.4 Å². The molecule has 1 amide bonds. The summed E-state index contributed by atoms with van der Waals surface area (Å²) >= 11 is 0. The van der Waals surface area contributed by atoms with Crippen LogP contribution in [-0.2, 0) is 9.47 Å². The number of alkyl halides is 4. The van der Waals surface area contributed by atoms with Gasteiger partial charge in [-0.15, -0.1) is 0 Å². The van der Waals surface area contributed by atoms with E-state index in [1.807, 2.05) is 11.0 Å². The maximum Gasteiger partial charge on any atom is 0.330 e. The molecule has 1 aromatic rings. The van der Waals surface area contributed by atoms with Gasteiger partial charge in [-0.05, 0) is 12.1 Å². The maximum absolute atomic E-state index is 12.9. The SMILES string of the molecule is COc1ccccc1C(=O)N1CCN(CC2CN(CC(O)COCC(F)(F)C(F)F)CCO2)CC1. The van der Waals surface area contributed by atoms with Gasteiger partial charge in [-0.2, -0.15) is 8.78 Å². The molecule has 1 aromatic carbocycles. The van der Waals surface area contributed by atoms with E-state index in [0.717, 1.165) is 0 Å². The van der Waals surface area contributed by atoms with E-state index in [9.17, 15) is 27.5 Å². The van der Waals surface area contributed by atoms with Gasteiger partial charge in [-0.3, -0.25) is 14.6 Å². The zero-order chi connectivity index (χ0) is 25.4. The van der Waals surface area contributed by atoms with Crippen LogP contribution in [0.15, 0.2) is 24.3 Å². The Hall–Kier alpha value is -1.99. The number of hydrogen-bond donors (Lipinski definition) is 1. The molecule has 0 aliphatic carbocycles. The Labute approximate surface area is 202 Å². The molecule has 3 rings (SSSR count). The number of hydrogen-bond acceptors (Lipinski definition) is 7. The van der Waals surface area contributed by atoms with Crippen LogP contribution in [0.5, 0.6) is 5.75 Å². The Kier molecular flexibility index (Phi) is 10.1. The van der Waals surface area contributed by atoms with Crippen molar-refractivity contribution in [2.24, 2.45) is 0 Å². The number of carbonyl (C=O) groups excluding carboxylic acids is 1. The van der Waals surface area contributed by atoms with Gasteiger partial charge in [0.15, 0.2) is 0 Å². The molecule has 198 valence electrons. The summed E-state index contributed by atoms with van der Waals surface area (Å²) in [5.74, 6) is -3.75. The van der Waals surface area contributed by atoms with Crippen molar-refractivity contribution < 1.29 is 41.7 Å². The van der Waals surface area contributed by atoms with E-state index >= 15 is 0 Å². The molecule has 12 heteroatoms. The molecule has 1 N–H and O–H groups in total. The van der Waals surface area contributed by atoms with Crippen LogP contribution >= 0.6 is 0 Å². The molecule has 0 spiro atoms. The van der Waals surface area contributed by atoms with Crippen molar-refractivity contribution in [2.75, 3.05) is 79.3 Å². The maximum atomic E-state index is 12.9. The average Bonchev–Trinajstić information content (AvgIpc) is 2.84. The number of ether oxygens (including phenoxy) is 3. The summed E-state index contributed by atoms with van der Waals surface area (Å²) in [6.45, 7) is 3.01. The summed E-state index contributed by atoms with van der Waals surface area (Å²) in [6.07, 6.45) is -5.00. The predicted molar refractivity (Wildman–Crippen MR) is 119 cm³/mol. The normalized spacial score (nSPS) is 21.3. The molecule has 0 radical (unpaired) electrons. The number of nitrogens with zero attached hydrogens (tertiary/aromatic N) is 3. The third kappa shape index (κ3) is 8.01. The van der Waals surface area contributed by atoms with Crippen molar-refractivity contribution in [3.63, 3.8) is 0 Å². The minimum absolute atomic E-state index is 0.0651. The van der Waals surface area contributed by atoms with Gasteiger partial charge in [-0.1, -0.05) is 12.1 Å². The first kappa shape index (κ1) is 27.6. The van der Waals surface area contributed by atoms with Crippen LogP contribution in [0.25, 0.3) is 0 Å². The Balaban J connectivity index is 1.39. The topological polar surface area (TPSA) is 74.7 Å². The number of benzene rings is 1. The van der Waals surface area contributed by atoms with Crippen molar-refractivity contribution in [3.05, 3.63) is 29.8 Å². The van der Waals surface area contributed by atoms with Crippen molar-refractivity contribution in [3.8, 4) is 5.75 Å². The first-order valence-electron chi connectivity index (χ1n) is 11.6. The first-order valence-corrected chi connectivity index (χ1v) is 11.6. The fourth-order valence-corrected chi connectivity index (χ4v) is 4.21. The Bertz CT molecular complexity index is 811. The summed E-state index contributed by atoms with van der Waals surface area (Å²) in [5.41, 5.74) is 0.537. The third-order valence-corrected chi connectivity index (χ3v) is 6.07. The van der Waals surface area contributed by atoms with E-state index < -0.39 is 31.7 Å². The molecule has 0 bridgehead atoms. The summed E-state index contributed by atoms with van der Waals surface area (Å²) in [4.78, 5) is 18.8. The minimum atomic E-state index is -4.23. The predicted octanol–water partition coefficient (Wildman–Crippen LogP) is 1.43. The van der Waals surface area contributed by atoms with Gasteiger partial charge in [0.2, 0.25) is 0 Å². The number of carbonyl (C=O) groups is 1. The van der Waals surface area contributed by atoms with Crippen LogP contribution in [0.4, 0.5) is 17.6 Å². The largest absolute Gasteiger partial charge is 0.496 e. The highest BCUT2D eigenvalue weighted by Gasteiger charge is 2.41. The molecular weight excluding hydrogens is 474 g/mol. The van der Waals surface area contributed by atoms with Crippen molar-refractivity contribution in [1.29, 1.82) is 0 Å². The number of methoxy groups -OCH3 is 1. The molecule has 35 heavy (non-hydrogen) atoms. The lowest BCUT2D eigenvalue weighted by molar-refractivity contribution is -0.171. The summed E-state index contributed by atoms with van der Waals surface area (Å²) in [7, 11) is 1.54. The van der Waals surface area contributed by atoms with Gasteiger partial charge in [0.1, 0.15) is 12.4 Å². The quantitative estimate of drug-likeness (QED) is 0.455. The van der Waals surface area contributed by atoms with Gasteiger partial charge >= 0.3 is 12.3 Å². The number of para-hydroxylation sites is 1. The smallest absolute Gasteiger partial charge is 0.330 e. The number of piperazine rings is 1. The van der Waals surface area contributed by atoms with E-state index in [4.69, 9.17) is 9.47 Å². The molecule has 0 saturated carbocycles. The molecule has 2 aliphatic heterocycles. The number of amides is 1. The van der Waals surface area contributed by atoms with Crippen LogP contribution in [0.2, 0.25) is 0 Å². The lowest BCUT2D eigenvalue weighted by atomic mass is 10.1. The average molecular weight is 508 g/mol. The molecule has 2 unspecified atom stereocenters. The molecule has 2 heterocycles. The Morgan fingerprint density at radius 2 is 1.89 bits per heavy atom. The Morgan fingerprint density at radius 3 is 2.57 bits per heavy atom. The van der Waals surface area contributed by atoms with E-state index in [1.54, 1.807) is 23.1 Å². The van der Waals surface area contributed by atoms with E-state index in [1.165, 1.54) is 7.11 Å². The molecule has 2 aliphatic rings. The van der Waals surface area contributed by atoms with Gasteiger partial charge in [0.05, 0.1) is 38.1 Å². The molecule has 0 aromatic heterocycles. The number of aliphatic hydroxyl groups is 1. The van der Waals surface area contributed by atoms with E-state index in [2.05, 4.69) is 9.64 Å². The minimum Gasteiger partial charge on any atom is -0.496 e. The van der Waals surface area contributed by atoms with Gasteiger partial charge in [0.25, 0.3) is 5.91 Å². The number of rotatable bonds is 11. The monoisotopic (exact) mass is 507 g/mol. The van der Waals surface area contributed by atoms with Crippen molar-refractivity contribution in [2.45, 2.75) is 24.6 Å². The number of β-amino-alcohol motifs (C(OH)–C–C–N with tert-alkyl or cyclic N) is 1. The second kappa shape index (κ2) is 12.8. The molecule has 8 nitrogen and oxygen atoms in total. The summed E-state index contributed by atoms with van der Waals surface area (Å²) in [6, 6.07) is 7.14. The molecule has 2 fully saturated rings. The van der Waals surface area contributed by atoms with Gasteiger partial charge < -0.3 is 24.2 Å². The second-order valence-electron chi connectivity index (χ2n) is 8.78. The van der Waals surface area contributed by atoms with Crippen LogP contribution in [0.3, 0.4) is 0 Å². The summed E-state index contributed by atoms with van der Waals surface area (Å²) < 4.78 is 65.9. The second-order valence-corrected chi connectivity index (χ2v) is 8.78. The number of halogens is 4. The van der Waals surface area contributed by atoms with Gasteiger partial charge in [-0.25, -0.2) is 8.78 Å². The van der Waals surface area contributed by atoms with E-state index in [0.29, 0.717) is 63.7 Å². The summed E-state index contributed by atoms with van der Waals surface area (Å²) in [5, 5.41) is 10.1. The lowest BCUT2D eigenvalue weighted by Crippen LogP contribution is -2.54. The molecule has 2 saturated heterocycles. The standard InChI is InChI=1S/C23H33F4N3O5/c1-33-20-5-3-2-4-19(20)21(32)30-8-6-28(7-9-30)13-18-14-29(10-11-35-18)12-17(31)15-34-16-23(26,27)22(24)25/h2-5,17-18,22,31H,6-16H2,1H3. The number of morpholine rings is 1. The van der Waals surface area contributed by atoms with Crippen LogP contribution in [-0.4, -0.2) is 130 Å².